The summed E-state index contributed by atoms with van der Waals surface area (Å²) < 4.78 is 0. The fourth-order valence-corrected chi connectivity index (χ4v) is 4.47. The molecule has 1 aliphatic carbocycles. The zero-order valence-corrected chi connectivity index (χ0v) is 15.1. The summed E-state index contributed by atoms with van der Waals surface area (Å²) in [6.07, 6.45) is 9.32. The van der Waals surface area contributed by atoms with E-state index >= 15 is 0 Å². The lowest BCUT2D eigenvalue weighted by molar-refractivity contribution is -0.119. The van der Waals surface area contributed by atoms with Gasteiger partial charge < -0.3 is 5.32 Å². The molecule has 1 N–H and O–H groups in total. The molecule has 0 unspecified atom stereocenters. The van der Waals surface area contributed by atoms with Crippen LogP contribution < -0.4 is 5.32 Å². The van der Waals surface area contributed by atoms with Gasteiger partial charge in [0.15, 0.2) is 0 Å². The summed E-state index contributed by atoms with van der Waals surface area (Å²) in [6.45, 7) is 0. The standard InChI is InChI=1S/C18H21N3OS2/c22-16(21-14-7-3-1-4-8-14)13-23-17-18(20-12-11-19-17)24-15-9-5-2-6-10-15/h2,5-6,9-12,14H,1,3-4,7-8,13H2,(H,21,22). The largest absolute Gasteiger partial charge is 0.353 e. The zero-order valence-electron chi connectivity index (χ0n) is 13.5. The number of nitrogens with zero attached hydrogens (tertiary/aromatic N) is 2. The number of thioether (sulfide) groups is 1. The number of nitrogens with one attached hydrogen (secondary N) is 1. The van der Waals surface area contributed by atoms with Gasteiger partial charge in [-0.3, -0.25) is 4.79 Å². The molecular weight excluding hydrogens is 338 g/mol. The van der Waals surface area contributed by atoms with Crippen LogP contribution in [0.2, 0.25) is 0 Å². The Morgan fingerprint density at radius 1 is 1.04 bits per heavy atom. The van der Waals surface area contributed by atoms with Crippen LogP contribution in [0.15, 0.2) is 57.7 Å². The van der Waals surface area contributed by atoms with Gasteiger partial charge in [-0.2, -0.15) is 0 Å². The van der Waals surface area contributed by atoms with Gasteiger partial charge in [-0.05, 0) is 25.0 Å². The minimum Gasteiger partial charge on any atom is -0.353 e. The first-order chi connectivity index (χ1) is 11.8. The highest BCUT2D eigenvalue weighted by Crippen LogP contribution is 2.32. The number of hydrogen-bond donors (Lipinski definition) is 1. The number of benzene rings is 1. The number of carbonyl (C=O) groups excluding carboxylic acids is 1. The quantitative estimate of drug-likeness (QED) is 0.785. The Labute approximate surface area is 151 Å². The smallest absolute Gasteiger partial charge is 0.230 e. The molecule has 0 saturated heterocycles. The molecule has 2 aromatic rings. The molecule has 1 aromatic heterocycles. The molecule has 1 fully saturated rings. The second-order valence-corrected chi connectivity index (χ2v) is 7.80. The van der Waals surface area contributed by atoms with Crippen molar-refractivity contribution in [3.05, 3.63) is 42.7 Å². The second-order valence-electron chi connectivity index (χ2n) is 5.77. The Bertz CT molecular complexity index is 660. The highest BCUT2D eigenvalue weighted by Gasteiger charge is 2.16. The van der Waals surface area contributed by atoms with E-state index in [1.54, 1.807) is 24.2 Å². The van der Waals surface area contributed by atoms with Crippen molar-refractivity contribution < 1.29 is 4.79 Å². The van der Waals surface area contributed by atoms with E-state index in [0.29, 0.717) is 11.8 Å². The molecule has 1 amide bonds. The second kappa shape index (κ2) is 9.08. The molecule has 0 atom stereocenters. The van der Waals surface area contributed by atoms with Gasteiger partial charge in [-0.15, -0.1) is 0 Å². The van der Waals surface area contributed by atoms with Crippen LogP contribution in [0, 0.1) is 0 Å². The topological polar surface area (TPSA) is 54.9 Å². The molecule has 0 radical (unpaired) electrons. The van der Waals surface area contributed by atoms with Crippen LogP contribution in [0.25, 0.3) is 0 Å². The number of carbonyl (C=O) groups is 1. The number of rotatable bonds is 6. The monoisotopic (exact) mass is 359 g/mol. The molecule has 126 valence electrons. The Morgan fingerprint density at radius 3 is 2.50 bits per heavy atom. The van der Waals surface area contributed by atoms with E-state index in [1.165, 1.54) is 31.0 Å². The maximum atomic E-state index is 12.2. The molecular formula is C18H21N3OS2. The molecule has 24 heavy (non-hydrogen) atoms. The minimum atomic E-state index is 0.0909. The Morgan fingerprint density at radius 2 is 1.75 bits per heavy atom. The SMILES string of the molecule is O=C(CSc1nccnc1Sc1ccccc1)NC1CCCCC1. The lowest BCUT2D eigenvalue weighted by Gasteiger charge is -2.22. The highest BCUT2D eigenvalue weighted by atomic mass is 32.2. The summed E-state index contributed by atoms with van der Waals surface area (Å²) in [4.78, 5) is 22.1. The first-order valence-electron chi connectivity index (χ1n) is 8.27. The van der Waals surface area contributed by atoms with E-state index in [2.05, 4.69) is 15.3 Å². The lowest BCUT2D eigenvalue weighted by Crippen LogP contribution is -2.37. The number of amides is 1. The van der Waals surface area contributed by atoms with E-state index in [-0.39, 0.29) is 5.91 Å². The number of hydrogen-bond acceptors (Lipinski definition) is 5. The van der Waals surface area contributed by atoms with E-state index in [9.17, 15) is 4.79 Å². The minimum absolute atomic E-state index is 0.0909. The molecule has 1 aliphatic rings. The summed E-state index contributed by atoms with van der Waals surface area (Å²) in [7, 11) is 0. The van der Waals surface area contributed by atoms with Gasteiger partial charge in [-0.1, -0.05) is 61.0 Å². The van der Waals surface area contributed by atoms with Crippen LogP contribution in [0.4, 0.5) is 0 Å². The van der Waals surface area contributed by atoms with Crippen molar-refractivity contribution in [1.29, 1.82) is 0 Å². The summed E-state index contributed by atoms with van der Waals surface area (Å²) in [5, 5.41) is 4.80. The average Bonchev–Trinajstić information content (AvgIpc) is 2.63. The molecule has 3 rings (SSSR count). The van der Waals surface area contributed by atoms with E-state index in [4.69, 9.17) is 0 Å². The molecule has 4 nitrogen and oxygen atoms in total. The predicted molar refractivity (Wildman–Crippen MR) is 98.3 cm³/mol. The first kappa shape index (κ1) is 17.3. The van der Waals surface area contributed by atoms with Crippen LogP contribution in [0.5, 0.6) is 0 Å². The molecule has 1 heterocycles. The Balaban J connectivity index is 1.55. The van der Waals surface area contributed by atoms with E-state index < -0.39 is 0 Å². The van der Waals surface area contributed by atoms with Crippen LogP contribution in [-0.4, -0.2) is 27.7 Å². The summed E-state index contributed by atoms with van der Waals surface area (Å²) >= 11 is 3.03. The van der Waals surface area contributed by atoms with Crippen molar-refractivity contribution in [2.45, 2.75) is 53.1 Å². The fraction of sp³-hybridized carbons (Fsp3) is 0.389. The van der Waals surface area contributed by atoms with Gasteiger partial charge >= 0.3 is 0 Å². The van der Waals surface area contributed by atoms with Gasteiger partial charge in [0.05, 0.1) is 5.75 Å². The van der Waals surface area contributed by atoms with Gasteiger partial charge in [0.1, 0.15) is 10.1 Å². The van der Waals surface area contributed by atoms with Crippen LogP contribution in [0.1, 0.15) is 32.1 Å². The van der Waals surface area contributed by atoms with Crippen molar-refractivity contribution in [2.75, 3.05) is 5.75 Å². The third kappa shape index (κ3) is 5.24. The van der Waals surface area contributed by atoms with Crippen molar-refractivity contribution in [1.82, 2.24) is 15.3 Å². The van der Waals surface area contributed by atoms with Gasteiger partial charge in [0.25, 0.3) is 0 Å². The van der Waals surface area contributed by atoms with Crippen LogP contribution >= 0.6 is 23.5 Å². The third-order valence-corrected chi connectivity index (χ3v) is 6.01. The zero-order chi connectivity index (χ0) is 16.6. The van der Waals surface area contributed by atoms with Crippen LogP contribution in [-0.2, 0) is 4.79 Å². The normalized spacial score (nSPS) is 15.2. The maximum Gasteiger partial charge on any atom is 0.230 e. The first-order valence-corrected chi connectivity index (χ1v) is 10.1. The summed E-state index contributed by atoms with van der Waals surface area (Å²) in [5.41, 5.74) is 0. The highest BCUT2D eigenvalue weighted by molar-refractivity contribution is 8.02. The third-order valence-electron chi connectivity index (χ3n) is 3.90. The summed E-state index contributed by atoms with van der Waals surface area (Å²) in [6, 6.07) is 10.4. The lowest BCUT2D eigenvalue weighted by atomic mass is 9.95. The van der Waals surface area contributed by atoms with Crippen molar-refractivity contribution in [3.8, 4) is 0 Å². The van der Waals surface area contributed by atoms with Gasteiger partial charge in [0.2, 0.25) is 5.91 Å². The van der Waals surface area contributed by atoms with Crippen LogP contribution in [0.3, 0.4) is 0 Å². The fourth-order valence-electron chi connectivity index (χ4n) is 2.73. The average molecular weight is 360 g/mol. The Hall–Kier alpha value is -1.53. The Kier molecular flexibility index (Phi) is 6.55. The predicted octanol–water partition coefficient (Wildman–Crippen LogP) is 4.17. The van der Waals surface area contributed by atoms with Crippen molar-refractivity contribution in [2.24, 2.45) is 0 Å². The van der Waals surface area contributed by atoms with Crippen molar-refractivity contribution >= 4 is 29.4 Å². The van der Waals surface area contributed by atoms with Gasteiger partial charge in [-0.25, -0.2) is 9.97 Å². The molecule has 6 heteroatoms. The molecule has 1 aromatic carbocycles. The van der Waals surface area contributed by atoms with Gasteiger partial charge in [0, 0.05) is 23.3 Å². The summed E-state index contributed by atoms with van der Waals surface area (Å²) in [5.74, 6) is 0.477. The molecule has 0 aliphatic heterocycles. The molecule has 0 spiro atoms. The molecule has 1 saturated carbocycles. The molecule has 0 bridgehead atoms. The van der Waals surface area contributed by atoms with E-state index in [1.807, 2.05) is 30.3 Å². The van der Waals surface area contributed by atoms with Crippen molar-refractivity contribution in [3.63, 3.8) is 0 Å². The maximum absolute atomic E-state index is 12.2. The number of aromatic nitrogens is 2. The van der Waals surface area contributed by atoms with E-state index in [0.717, 1.165) is 27.8 Å².